The van der Waals surface area contributed by atoms with E-state index in [1.807, 2.05) is 42.0 Å². The maximum absolute atomic E-state index is 4.01. The van der Waals surface area contributed by atoms with Crippen molar-refractivity contribution in [3.05, 3.63) is 48.5 Å². The highest BCUT2D eigenvalue weighted by Gasteiger charge is 2.07. The smallest absolute Gasteiger partial charge is 0.247 e. The summed E-state index contributed by atoms with van der Waals surface area (Å²) in [5, 5.41) is 14.9. The Labute approximate surface area is 116 Å². The highest BCUT2D eigenvalue weighted by molar-refractivity contribution is 5.39. The summed E-state index contributed by atoms with van der Waals surface area (Å²) >= 11 is 0. The lowest BCUT2D eigenvalue weighted by Gasteiger charge is -2.07. The first-order chi connectivity index (χ1) is 9.83. The van der Waals surface area contributed by atoms with Crippen LogP contribution < -0.4 is 5.32 Å². The Morgan fingerprint density at radius 3 is 2.80 bits per heavy atom. The molecule has 102 valence electrons. The molecular formula is C13H15N7. The van der Waals surface area contributed by atoms with Gasteiger partial charge in [0, 0.05) is 25.5 Å². The van der Waals surface area contributed by atoms with E-state index in [-0.39, 0.29) is 0 Å². The lowest BCUT2D eigenvalue weighted by atomic mass is 10.2. The van der Waals surface area contributed by atoms with Crippen LogP contribution in [0.3, 0.4) is 0 Å². The van der Waals surface area contributed by atoms with Crippen molar-refractivity contribution in [2.45, 2.75) is 13.5 Å². The fourth-order valence-electron chi connectivity index (χ4n) is 1.87. The number of rotatable bonds is 5. The minimum atomic E-state index is 0.633. The highest BCUT2D eigenvalue weighted by Crippen LogP contribution is 2.11. The molecule has 0 saturated carbocycles. The fourth-order valence-corrected chi connectivity index (χ4v) is 1.87. The molecular weight excluding hydrogens is 254 g/mol. The highest BCUT2D eigenvalue weighted by atomic mass is 15.6. The van der Waals surface area contributed by atoms with E-state index in [0.717, 1.165) is 18.8 Å². The number of benzene rings is 1. The number of aromatic nitrogens is 6. The van der Waals surface area contributed by atoms with Crippen LogP contribution in [0.1, 0.15) is 5.56 Å². The Bertz CT molecular complexity index is 654. The van der Waals surface area contributed by atoms with E-state index in [2.05, 4.69) is 25.8 Å². The zero-order valence-corrected chi connectivity index (χ0v) is 11.1. The third-order valence-electron chi connectivity index (χ3n) is 2.96. The van der Waals surface area contributed by atoms with Gasteiger partial charge in [-0.15, -0.1) is 0 Å². The van der Waals surface area contributed by atoms with Gasteiger partial charge in [0.1, 0.15) is 0 Å². The minimum absolute atomic E-state index is 0.633. The van der Waals surface area contributed by atoms with Gasteiger partial charge in [-0.3, -0.25) is 0 Å². The maximum Gasteiger partial charge on any atom is 0.247 e. The monoisotopic (exact) mass is 269 g/mol. The van der Waals surface area contributed by atoms with Crippen LogP contribution in [-0.4, -0.2) is 36.3 Å². The van der Waals surface area contributed by atoms with Crippen LogP contribution in [0.15, 0.2) is 43.0 Å². The molecule has 7 nitrogen and oxygen atoms in total. The first-order valence-corrected chi connectivity index (χ1v) is 6.38. The standard InChI is InChI=1S/C13H15N7/c1-11-2-4-12(5-3-11)20-13(16-17-18-20)15-7-9-19-8-6-14-10-19/h2-6,8,10H,7,9H2,1H3,(H,15,16,18). The van der Waals surface area contributed by atoms with Crippen LogP contribution in [0.2, 0.25) is 0 Å². The van der Waals surface area contributed by atoms with Gasteiger partial charge in [-0.25, -0.2) is 4.98 Å². The first-order valence-electron chi connectivity index (χ1n) is 6.38. The van der Waals surface area contributed by atoms with Crippen LogP contribution in [0.4, 0.5) is 5.95 Å². The maximum atomic E-state index is 4.01. The summed E-state index contributed by atoms with van der Waals surface area (Å²) in [5.74, 6) is 0.633. The van der Waals surface area contributed by atoms with Gasteiger partial charge in [-0.1, -0.05) is 22.8 Å². The van der Waals surface area contributed by atoms with Gasteiger partial charge in [0.2, 0.25) is 5.95 Å². The summed E-state index contributed by atoms with van der Waals surface area (Å²) in [5.41, 5.74) is 2.14. The Balaban J connectivity index is 1.68. The predicted octanol–water partition coefficient (Wildman–Crippen LogP) is 1.28. The topological polar surface area (TPSA) is 73.5 Å². The van der Waals surface area contributed by atoms with E-state index in [1.165, 1.54) is 5.56 Å². The minimum Gasteiger partial charge on any atom is -0.351 e. The van der Waals surface area contributed by atoms with Crippen molar-refractivity contribution in [3.8, 4) is 5.69 Å². The average molecular weight is 269 g/mol. The van der Waals surface area contributed by atoms with Crippen LogP contribution in [0, 0.1) is 6.92 Å². The number of anilines is 1. The third kappa shape index (κ3) is 2.66. The van der Waals surface area contributed by atoms with Gasteiger partial charge < -0.3 is 9.88 Å². The first kappa shape index (κ1) is 12.3. The molecule has 1 N–H and O–H groups in total. The molecule has 0 aliphatic heterocycles. The molecule has 0 spiro atoms. The van der Waals surface area contributed by atoms with Crippen LogP contribution in [-0.2, 0) is 6.54 Å². The number of nitrogens with zero attached hydrogens (tertiary/aromatic N) is 6. The van der Waals surface area contributed by atoms with Gasteiger partial charge in [0.15, 0.2) is 0 Å². The summed E-state index contributed by atoms with van der Waals surface area (Å²) in [7, 11) is 0. The second-order valence-corrected chi connectivity index (χ2v) is 4.48. The van der Waals surface area contributed by atoms with Gasteiger partial charge in [0.25, 0.3) is 0 Å². The van der Waals surface area contributed by atoms with Gasteiger partial charge >= 0.3 is 0 Å². The SMILES string of the molecule is Cc1ccc(-n2nnnc2NCCn2ccnc2)cc1. The van der Waals surface area contributed by atoms with Crippen molar-refractivity contribution in [2.75, 3.05) is 11.9 Å². The van der Waals surface area contributed by atoms with E-state index in [9.17, 15) is 0 Å². The molecule has 3 aromatic rings. The Morgan fingerprint density at radius 2 is 2.05 bits per heavy atom. The number of hydrogen-bond donors (Lipinski definition) is 1. The summed E-state index contributed by atoms with van der Waals surface area (Å²) < 4.78 is 3.68. The summed E-state index contributed by atoms with van der Waals surface area (Å²) in [6.07, 6.45) is 5.46. The molecule has 1 aromatic carbocycles. The molecule has 0 unspecified atom stereocenters. The molecule has 0 radical (unpaired) electrons. The zero-order chi connectivity index (χ0) is 13.8. The molecule has 0 amide bonds. The molecule has 0 bridgehead atoms. The van der Waals surface area contributed by atoms with E-state index < -0.39 is 0 Å². The predicted molar refractivity (Wildman–Crippen MR) is 74.6 cm³/mol. The molecule has 20 heavy (non-hydrogen) atoms. The van der Waals surface area contributed by atoms with E-state index in [0.29, 0.717) is 5.95 Å². The lowest BCUT2D eigenvalue weighted by molar-refractivity contribution is 0.719. The number of aryl methyl sites for hydroxylation is 1. The van der Waals surface area contributed by atoms with E-state index >= 15 is 0 Å². The van der Waals surface area contributed by atoms with Crippen LogP contribution in [0.5, 0.6) is 0 Å². The van der Waals surface area contributed by atoms with Crippen molar-refractivity contribution in [2.24, 2.45) is 0 Å². The molecule has 0 saturated heterocycles. The second kappa shape index (κ2) is 5.52. The molecule has 7 heteroatoms. The normalized spacial score (nSPS) is 10.7. The molecule has 3 rings (SSSR count). The number of imidazole rings is 1. The van der Waals surface area contributed by atoms with E-state index in [4.69, 9.17) is 0 Å². The zero-order valence-electron chi connectivity index (χ0n) is 11.1. The molecule has 0 atom stereocenters. The summed E-state index contributed by atoms with van der Waals surface area (Å²) in [4.78, 5) is 4.00. The second-order valence-electron chi connectivity index (χ2n) is 4.48. The van der Waals surface area contributed by atoms with Gasteiger partial charge in [-0.2, -0.15) is 4.68 Å². The number of nitrogens with one attached hydrogen (secondary N) is 1. The van der Waals surface area contributed by atoms with Crippen molar-refractivity contribution in [1.82, 2.24) is 29.8 Å². The van der Waals surface area contributed by atoms with Gasteiger partial charge in [0.05, 0.1) is 12.0 Å². The number of tetrazole rings is 1. The summed E-state index contributed by atoms with van der Waals surface area (Å²) in [6, 6.07) is 8.05. The van der Waals surface area contributed by atoms with Crippen molar-refractivity contribution in [3.63, 3.8) is 0 Å². The van der Waals surface area contributed by atoms with Crippen molar-refractivity contribution < 1.29 is 0 Å². The molecule has 0 aliphatic carbocycles. The molecule has 0 fully saturated rings. The largest absolute Gasteiger partial charge is 0.351 e. The van der Waals surface area contributed by atoms with Crippen LogP contribution >= 0.6 is 0 Å². The Kier molecular flexibility index (Phi) is 3.40. The average Bonchev–Trinajstić information content (AvgIpc) is 3.11. The Morgan fingerprint density at radius 1 is 1.20 bits per heavy atom. The van der Waals surface area contributed by atoms with Gasteiger partial charge in [-0.05, 0) is 29.5 Å². The summed E-state index contributed by atoms with van der Waals surface area (Å²) in [6.45, 7) is 3.58. The lowest BCUT2D eigenvalue weighted by Crippen LogP contribution is -2.13. The molecule has 0 aliphatic rings. The molecule has 2 heterocycles. The fraction of sp³-hybridized carbons (Fsp3) is 0.231. The quantitative estimate of drug-likeness (QED) is 0.755. The van der Waals surface area contributed by atoms with Crippen molar-refractivity contribution >= 4 is 5.95 Å². The molecule has 2 aromatic heterocycles. The Hall–Kier alpha value is -2.70. The van der Waals surface area contributed by atoms with Crippen molar-refractivity contribution in [1.29, 1.82) is 0 Å². The number of hydrogen-bond acceptors (Lipinski definition) is 5. The third-order valence-corrected chi connectivity index (χ3v) is 2.96. The van der Waals surface area contributed by atoms with Crippen LogP contribution in [0.25, 0.3) is 5.69 Å². The van der Waals surface area contributed by atoms with E-state index in [1.54, 1.807) is 17.2 Å².